The highest BCUT2D eigenvalue weighted by atomic mass is 32.1. The minimum absolute atomic E-state index is 0.0472. The molecule has 8 heteroatoms. The van der Waals surface area contributed by atoms with Gasteiger partial charge in [-0.15, -0.1) is 0 Å². The zero-order chi connectivity index (χ0) is 19.6. The van der Waals surface area contributed by atoms with Crippen molar-refractivity contribution >= 4 is 32.4 Å². The van der Waals surface area contributed by atoms with E-state index in [1.165, 1.54) is 23.0 Å². The largest absolute Gasteiger partial charge is 0.497 e. The number of ether oxygens (including phenoxy) is 2. The van der Waals surface area contributed by atoms with Gasteiger partial charge in [-0.05, 0) is 36.6 Å². The number of thiazole rings is 1. The minimum atomic E-state index is -0.382. The van der Waals surface area contributed by atoms with Gasteiger partial charge in [-0.2, -0.15) is 0 Å². The molecule has 146 valence electrons. The van der Waals surface area contributed by atoms with Crippen molar-refractivity contribution in [1.82, 2.24) is 4.98 Å². The van der Waals surface area contributed by atoms with E-state index in [-0.39, 0.29) is 16.0 Å². The van der Waals surface area contributed by atoms with Crippen LogP contribution in [0.5, 0.6) is 5.75 Å². The Morgan fingerprint density at radius 1 is 1.25 bits per heavy atom. The number of anilines is 1. The van der Waals surface area contributed by atoms with E-state index >= 15 is 0 Å². The van der Waals surface area contributed by atoms with Crippen molar-refractivity contribution in [2.24, 2.45) is 0 Å². The summed E-state index contributed by atoms with van der Waals surface area (Å²) in [4.78, 5) is 15.2. The first kappa shape index (κ1) is 18.6. The molecule has 1 aromatic heterocycles. The third kappa shape index (κ3) is 3.65. The third-order valence-corrected chi connectivity index (χ3v) is 6.29. The van der Waals surface area contributed by atoms with E-state index in [9.17, 15) is 10.1 Å². The van der Waals surface area contributed by atoms with Gasteiger partial charge in [-0.25, -0.2) is 4.98 Å². The van der Waals surface area contributed by atoms with Crippen molar-refractivity contribution in [2.45, 2.75) is 18.3 Å². The summed E-state index contributed by atoms with van der Waals surface area (Å²) < 4.78 is 11.7. The monoisotopic (exact) mass is 399 g/mol. The van der Waals surface area contributed by atoms with E-state index < -0.39 is 0 Å². The average molecular weight is 399 g/mol. The van der Waals surface area contributed by atoms with Crippen molar-refractivity contribution in [1.29, 1.82) is 0 Å². The Kier molecular flexibility index (Phi) is 5.15. The third-order valence-electron chi connectivity index (χ3n) is 5.31. The molecule has 1 fully saturated rings. The summed E-state index contributed by atoms with van der Waals surface area (Å²) >= 11 is 1.44. The first-order chi connectivity index (χ1) is 13.6. The number of rotatable bonds is 6. The molecule has 0 amide bonds. The van der Waals surface area contributed by atoms with Crippen molar-refractivity contribution in [2.75, 3.05) is 32.2 Å². The number of aromatic nitrogens is 1. The highest BCUT2D eigenvalue weighted by Crippen LogP contribution is 2.37. The maximum absolute atomic E-state index is 11.0. The molecule has 0 bridgehead atoms. The van der Waals surface area contributed by atoms with Crippen LogP contribution in [0.4, 0.5) is 10.8 Å². The van der Waals surface area contributed by atoms with Crippen molar-refractivity contribution in [3.63, 3.8) is 0 Å². The van der Waals surface area contributed by atoms with Crippen LogP contribution >= 0.6 is 11.3 Å². The van der Waals surface area contributed by atoms with E-state index in [0.29, 0.717) is 0 Å². The number of hydrogen-bond acceptors (Lipinski definition) is 7. The second-order valence-electron chi connectivity index (χ2n) is 6.90. The van der Waals surface area contributed by atoms with E-state index in [1.807, 2.05) is 12.1 Å². The maximum atomic E-state index is 11.0. The van der Waals surface area contributed by atoms with Crippen LogP contribution in [0.2, 0.25) is 0 Å². The van der Waals surface area contributed by atoms with Gasteiger partial charge in [0.15, 0.2) is 5.13 Å². The number of non-ortho nitro benzene ring substituents is 1. The molecule has 1 saturated heterocycles. The molecular formula is C20H21N3O4S. The van der Waals surface area contributed by atoms with Gasteiger partial charge in [-0.3, -0.25) is 10.1 Å². The van der Waals surface area contributed by atoms with Crippen LogP contribution in [0.25, 0.3) is 10.2 Å². The molecule has 0 radical (unpaired) electrons. The molecule has 28 heavy (non-hydrogen) atoms. The van der Waals surface area contributed by atoms with Crippen LogP contribution in [0.1, 0.15) is 18.4 Å². The van der Waals surface area contributed by atoms with Gasteiger partial charge in [0.05, 0.1) is 22.2 Å². The normalized spacial score (nSPS) is 16.0. The molecule has 2 aromatic carbocycles. The van der Waals surface area contributed by atoms with Crippen molar-refractivity contribution in [3.8, 4) is 5.75 Å². The average Bonchev–Trinajstić information content (AvgIpc) is 3.15. The summed E-state index contributed by atoms with van der Waals surface area (Å²) in [6, 6.07) is 13.0. The van der Waals surface area contributed by atoms with Crippen LogP contribution in [0.15, 0.2) is 42.5 Å². The summed E-state index contributed by atoms with van der Waals surface area (Å²) in [5.41, 5.74) is 2.06. The Labute approximate surface area is 166 Å². The highest BCUT2D eigenvalue weighted by molar-refractivity contribution is 7.22. The lowest BCUT2D eigenvalue weighted by Crippen LogP contribution is -2.40. The number of methoxy groups -OCH3 is 1. The second-order valence-corrected chi connectivity index (χ2v) is 7.93. The molecule has 2 heterocycles. The topological polar surface area (TPSA) is 86.5 Å². The van der Waals surface area contributed by atoms with Crippen LogP contribution in [-0.4, -0.2) is 36.8 Å². The molecule has 1 aliphatic heterocycles. The van der Waals surface area contributed by atoms with E-state index in [4.69, 9.17) is 9.47 Å². The van der Waals surface area contributed by atoms with Crippen molar-refractivity contribution in [3.05, 3.63) is 58.1 Å². The van der Waals surface area contributed by atoms with E-state index in [0.717, 1.165) is 53.7 Å². The molecule has 1 N–H and O–H groups in total. The van der Waals surface area contributed by atoms with Crippen LogP contribution in [0, 0.1) is 10.1 Å². The quantitative estimate of drug-likeness (QED) is 0.489. The SMILES string of the molecule is COc1ccc(C2(CNc3nc4ccc([N+](=O)[O-])cc4s3)CCOCC2)cc1. The fourth-order valence-electron chi connectivity index (χ4n) is 3.62. The molecular weight excluding hydrogens is 378 g/mol. The Hall–Kier alpha value is -2.71. The highest BCUT2D eigenvalue weighted by Gasteiger charge is 2.34. The molecule has 7 nitrogen and oxygen atoms in total. The molecule has 0 aliphatic carbocycles. The van der Waals surface area contributed by atoms with E-state index in [1.54, 1.807) is 19.2 Å². The first-order valence-electron chi connectivity index (χ1n) is 9.11. The van der Waals surface area contributed by atoms with Gasteiger partial charge in [0.25, 0.3) is 5.69 Å². The maximum Gasteiger partial charge on any atom is 0.270 e. The molecule has 0 saturated carbocycles. The van der Waals surface area contributed by atoms with Gasteiger partial charge in [-0.1, -0.05) is 23.5 Å². The molecule has 0 unspecified atom stereocenters. The number of hydrogen-bond donors (Lipinski definition) is 1. The Morgan fingerprint density at radius 2 is 2.00 bits per heavy atom. The summed E-state index contributed by atoms with van der Waals surface area (Å²) in [5.74, 6) is 0.840. The zero-order valence-corrected chi connectivity index (χ0v) is 16.3. The molecule has 0 spiro atoms. The number of nitrogens with zero attached hydrogens (tertiary/aromatic N) is 2. The predicted octanol–water partition coefficient (Wildman–Crippen LogP) is 4.37. The van der Waals surface area contributed by atoms with Gasteiger partial charge in [0.1, 0.15) is 5.75 Å². The number of fused-ring (bicyclic) bond motifs is 1. The number of nitro benzene ring substituents is 1. The Bertz CT molecular complexity index is 981. The van der Waals surface area contributed by atoms with Gasteiger partial charge in [0.2, 0.25) is 0 Å². The summed E-state index contributed by atoms with van der Waals surface area (Å²) in [6.07, 6.45) is 1.84. The fraction of sp³-hybridized carbons (Fsp3) is 0.350. The standard InChI is InChI=1S/C20H21N3O4S/c1-26-16-5-2-14(3-6-16)20(8-10-27-11-9-20)13-21-19-22-17-7-4-15(23(24)25)12-18(17)28-19/h2-7,12H,8-11,13H2,1H3,(H,21,22). The zero-order valence-electron chi connectivity index (χ0n) is 15.5. The predicted molar refractivity (Wildman–Crippen MR) is 109 cm³/mol. The van der Waals surface area contributed by atoms with Crippen LogP contribution < -0.4 is 10.1 Å². The van der Waals surface area contributed by atoms with Crippen molar-refractivity contribution < 1.29 is 14.4 Å². The van der Waals surface area contributed by atoms with E-state index in [2.05, 4.69) is 22.4 Å². The molecule has 0 atom stereocenters. The van der Waals surface area contributed by atoms with Gasteiger partial charge in [0, 0.05) is 37.3 Å². The van der Waals surface area contributed by atoms with Crippen LogP contribution in [0.3, 0.4) is 0 Å². The number of benzene rings is 2. The minimum Gasteiger partial charge on any atom is -0.497 e. The molecule has 1 aliphatic rings. The smallest absolute Gasteiger partial charge is 0.270 e. The van der Waals surface area contributed by atoms with Gasteiger partial charge < -0.3 is 14.8 Å². The lowest BCUT2D eigenvalue weighted by atomic mass is 9.74. The van der Waals surface area contributed by atoms with Crippen LogP contribution in [-0.2, 0) is 10.2 Å². The number of nitro groups is 1. The lowest BCUT2D eigenvalue weighted by Gasteiger charge is -2.38. The summed E-state index contributed by atoms with van der Waals surface area (Å²) in [6.45, 7) is 2.17. The lowest BCUT2D eigenvalue weighted by molar-refractivity contribution is -0.384. The summed E-state index contributed by atoms with van der Waals surface area (Å²) in [7, 11) is 1.66. The Morgan fingerprint density at radius 3 is 2.68 bits per heavy atom. The summed E-state index contributed by atoms with van der Waals surface area (Å²) in [5, 5.41) is 15.2. The number of nitrogens with one attached hydrogen (secondary N) is 1. The van der Waals surface area contributed by atoms with Gasteiger partial charge >= 0.3 is 0 Å². The second kappa shape index (κ2) is 7.73. The first-order valence-corrected chi connectivity index (χ1v) is 9.92. The molecule has 3 aromatic rings. The Balaban J connectivity index is 1.57. The fourth-order valence-corrected chi connectivity index (χ4v) is 4.52. The molecule has 4 rings (SSSR count).